The molecule has 2 aromatic rings. The Morgan fingerprint density at radius 1 is 1.21 bits per heavy atom. The molecule has 0 saturated heterocycles. The van der Waals surface area contributed by atoms with Crippen LogP contribution in [0.2, 0.25) is 5.02 Å². The molecule has 0 fully saturated rings. The van der Waals surface area contributed by atoms with E-state index < -0.39 is 14.9 Å². The summed E-state index contributed by atoms with van der Waals surface area (Å²) in [4.78, 5) is 10.3. The molecule has 128 valence electrons. The Hall–Kier alpha value is -1.96. The third kappa shape index (κ3) is 3.58. The van der Waals surface area contributed by atoms with Crippen LogP contribution in [-0.2, 0) is 16.6 Å². The summed E-state index contributed by atoms with van der Waals surface area (Å²) in [7, 11) is -2.47. The zero-order valence-corrected chi connectivity index (χ0v) is 15.1. The van der Waals surface area contributed by atoms with Crippen molar-refractivity contribution < 1.29 is 13.3 Å². The number of hydrogen-bond acceptors (Lipinski definition) is 4. The third-order valence-electron chi connectivity index (χ3n) is 3.85. The van der Waals surface area contributed by atoms with Gasteiger partial charge in [-0.15, -0.1) is 0 Å². The van der Waals surface area contributed by atoms with Crippen molar-refractivity contribution in [3.05, 3.63) is 68.2 Å². The van der Waals surface area contributed by atoms with E-state index in [9.17, 15) is 18.5 Å². The predicted molar refractivity (Wildman–Crippen MR) is 92.7 cm³/mol. The summed E-state index contributed by atoms with van der Waals surface area (Å²) < 4.78 is 26.6. The molecule has 2 rings (SSSR count). The fourth-order valence-corrected chi connectivity index (χ4v) is 3.75. The summed E-state index contributed by atoms with van der Waals surface area (Å²) in [6, 6.07) is 9.72. The number of benzene rings is 2. The highest BCUT2D eigenvalue weighted by atomic mass is 35.5. The van der Waals surface area contributed by atoms with Gasteiger partial charge in [-0.3, -0.25) is 10.1 Å². The Morgan fingerprint density at radius 3 is 2.42 bits per heavy atom. The second-order valence-electron chi connectivity index (χ2n) is 5.49. The Balaban J connectivity index is 2.43. The summed E-state index contributed by atoms with van der Waals surface area (Å²) in [6.45, 7) is 3.53. The molecule has 0 unspecified atom stereocenters. The maximum atomic E-state index is 12.7. The zero-order chi connectivity index (χ0) is 18.1. The highest BCUT2D eigenvalue weighted by Gasteiger charge is 2.26. The van der Waals surface area contributed by atoms with Crippen LogP contribution in [0.4, 0.5) is 5.69 Å². The molecule has 0 aliphatic heterocycles. The van der Waals surface area contributed by atoms with Crippen LogP contribution in [0.15, 0.2) is 41.3 Å². The lowest BCUT2D eigenvalue weighted by Crippen LogP contribution is -2.27. The average molecular weight is 369 g/mol. The van der Waals surface area contributed by atoms with Crippen LogP contribution in [0.3, 0.4) is 0 Å². The SMILES string of the molecule is Cc1ccccc1CN(C)S(=O)(=O)c1cc(Cl)c(C)c([N+](=O)[O-])c1. The Labute approximate surface area is 145 Å². The minimum absolute atomic E-state index is 0.0482. The van der Waals surface area contributed by atoms with Crippen LogP contribution in [0.1, 0.15) is 16.7 Å². The lowest BCUT2D eigenvalue weighted by atomic mass is 10.1. The van der Waals surface area contributed by atoms with Gasteiger partial charge < -0.3 is 0 Å². The summed E-state index contributed by atoms with van der Waals surface area (Å²) >= 11 is 5.97. The van der Waals surface area contributed by atoms with Gasteiger partial charge in [0.15, 0.2) is 0 Å². The number of halogens is 1. The van der Waals surface area contributed by atoms with Gasteiger partial charge in [0, 0.05) is 25.2 Å². The molecule has 0 heterocycles. The first kappa shape index (κ1) is 18.4. The fourth-order valence-electron chi connectivity index (χ4n) is 2.27. The van der Waals surface area contributed by atoms with Gasteiger partial charge in [-0.25, -0.2) is 8.42 Å². The lowest BCUT2D eigenvalue weighted by molar-refractivity contribution is -0.385. The molecule has 0 saturated carbocycles. The smallest absolute Gasteiger partial charge is 0.258 e. The average Bonchev–Trinajstić information content (AvgIpc) is 2.51. The molecule has 0 amide bonds. The molecule has 0 N–H and O–H groups in total. The highest BCUT2D eigenvalue weighted by molar-refractivity contribution is 7.89. The minimum Gasteiger partial charge on any atom is -0.258 e. The maximum Gasteiger partial charge on any atom is 0.275 e. The lowest BCUT2D eigenvalue weighted by Gasteiger charge is -2.19. The van der Waals surface area contributed by atoms with E-state index in [1.807, 2.05) is 31.2 Å². The molecule has 0 aliphatic rings. The van der Waals surface area contributed by atoms with E-state index in [0.717, 1.165) is 21.5 Å². The van der Waals surface area contributed by atoms with E-state index in [2.05, 4.69) is 0 Å². The normalized spacial score (nSPS) is 11.7. The number of nitrogens with zero attached hydrogens (tertiary/aromatic N) is 2. The Morgan fingerprint density at radius 2 is 1.83 bits per heavy atom. The first-order chi connectivity index (χ1) is 11.1. The van der Waals surface area contributed by atoms with Gasteiger partial charge in [-0.05, 0) is 31.0 Å². The van der Waals surface area contributed by atoms with Crippen molar-refractivity contribution in [2.45, 2.75) is 25.3 Å². The van der Waals surface area contributed by atoms with E-state index in [4.69, 9.17) is 11.6 Å². The number of sulfonamides is 1. The van der Waals surface area contributed by atoms with Gasteiger partial charge in [0.2, 0.25) is 10.0 Å². The summed E-state index contributed by atoms with van der Waals surface area (Å²) in [6.07, 6.45) is 0. The molecule has 0 radical (unpaired) electrons. The van der Waals surface area contributed by atoms with Crippen molar-refractivity contribution in [2.24, 2.45) is 0 Å². The fraction of sp³-hybridized carbons (Fsp3) is 0.250. The number of nitro groups is 1. The van der Waals surface area contributed by atoms with Crippen LogP contribution in [0, 0.1) is 24.0 Å². The van der Waals surface area contributed by atoms with Crippen LogP contribution < -0.4 is 0 Å². The molecule has 24 heavy (non-hydrogen) atoms. The van der Waals surface area contributed by atoms with Crippen molar-refractivity contribution in [3.8, 4) is 0 Å². The Bertz CT molecular complexity index is 897. The number of aryl methyl sites for hydroxylation is 1. The standard InChI is InChI=1S/C16H17ClN2O4S/c1-11-6-4-5-7-13(11)10-18(3)24(22,23)14-8-15(17)12(2)16(9-14)19(20)21/h4-9H,10H2,1-3H3. The van der Waals surface area contributed by atoms with Crippen molar-refractivity contribution in [3.63, 3.8) is 0 Å². The molecule has 0 aliphatic carbocycles. The molecule has 2 aromatic carbocycles. The monoisotopic (exact) mass is 368 g/mol. The molecule has 8 heteroatoms. The van der Waals surface area contributed by atoms with E-state index in [1.165, 1.54) is 20.0 Å². The summed E-state index contributed by atoms with van der Waals surface area (Å²) in [5.74, 6) is 0. The predicted octanol–water partition coefficient (Wildman–Crippen LogP) is 3.69. The van der Waals surface area contributed by atoms with Gasteiger partial charge >= 0.3 is 0 Å². The number of rotatable bonds is 5. The van der Waals surface area contributed by atoms with Gasteiger partial charge in [0.25, 0.3) is 5.69 Å². The molecule has 0 aromatic heterocycles. The van der Waals surface area contributed by atoms with Gasteiger partial charge in [-0.1, -0.05) is 35.9 Å². The largest absolute Gasteiger partial charge is 0.275 e. The number of hydrogen-bond donors (Lipinski definition) is 0. The van der Waals surface area contributed by atoms with Crippen molar-refractivity contribution in [1.82, 2.24) is 4.31 Å². The molecule has 6 nitrogen and oxygen atoms in total. The van der Waals surface area contributed by atoms with E-state index in [1.54, 1.807) is 0 Å². The third-order valence-corrected chi connectivity index (χ3v) is 6.02. The second-order valence-corrected chi connectivity index (χ2v) is 7.95. The maximum absolute atomic E-state index is 12.7. The zero-order valence-electron chi connectivity index (χ0n) is 13.5. The summed E-state index contributed by atoms with van der Waals surface area (Å²) in [5, 5.41) is 11.1. The topological polar surface area (TPSA) is 80.5 Å². The van der Waals surface area contributed by atoms with Crippen molar-refractivity contribution in [1.29, 1.82) is 0 Å². The van der Waals surface area contributed by atoms with Crippen LogP contribution in [-0.4, -0.2) is 24.7 Å². The first-order valence-corrected chi connectivity index (χ1v) is 8.91. The van der Waals surface area contributed by atoms with E-state index >= 15 is 0 Å². The van der Waals surface area contributed by atoms with Crippen LogP contribution in [0.25, 0.3) is 0 Å². The van der Waals surface area contributed by atoms with E-state index in [-0.39, 0.29) is 27.7 Å². The van der Waals surface area contributed by atoms with Gasteiger partial charge in [0.1, 0.15) is 0 Å². The molecular formula is C16H17ClN2O4S. The van der Waals surface area contributed by atoms with Gasteiger partial charge in [0.05, 0.1) is 14.8 Å². The Kier molecular flexibility index (Phi) is 5.27. The minimum atomic E-state index is -3.90. The molecule has 0 spiro atoms. The van der Waals surface area contributed by atoms with Crippen LogP contribution in [0.5, 0.6) is 0 Å². The van der Waals surface area contributed by atoms with E-state index in [0.29, 0.717) is 0 Å². The van der Waals surface area contributed by atoms with Crippen LogP contribution >= 0.6 is 11.6 Å². The molecule has 0 bridgehead atoms. The first-order valence-electron chi connectivity index (χ1n) is 7.10. The molecular weight excluding hydrogens is 352 g/mol. The second kappa shape index (κ2) is 6.88. The highest BCUT2D eigenvalue weighted by Crippen LogP contribution is 2.31. The summed E-state index contributed by atoms with van der Waals surface area (Å²) in [5.41, 5.74) is 1.75. The van der Waals surface area contributed by atoms with Crippen molar-refractivity contribution >= 4 is 27.3 Å². The molecule has 0 atom stereocenters. The quantitative estimate of drug-likeness (QED) is 0.595. The van der Waals surface area contributed by atoms with Crippen molar-refractivity contribution in [2.75, 3.05) is 7.05 Å². The van der Waals surface area contributed by atoms with Gasteiger partial charge in [-0.2, -0.15) is 4.31 Å². The number of nitro benzene ring substituents is 1.